The van der Waals surface area contributed by atoms with E-state index in [1.807, 2.05) is 24.3 Å². The van der Waals surface area contributed by atoms with E-state index in [9.17, 15) is 9.59 Å². The van der Waals surface area contributed by atoms with Crippen LogP contribution in [0.15, 0.2) is 34.8 Å². The molecule has 0 unspecified atom stereocenters. The lowest BCUT2D eigenvalue weighted by atomic mass is 9.78. The molecule has 3 atom stereocenters. The number of halogens is 1. The summed E-state index contributed by atoms with van der Waals surface area (Å²) in [5.74, 6) is 0.320. The molecule has 1 aliphatic rings. The van der Waals surface area contributed by atoms with Crippen LogP contribution in [0.25, 0.3) is 6.08 Å². The summed E-state index contributed by atoms with van der Waals surface area (Å²) >= 11 is 3.35. The Labute approximate surface area is 151 Å². The van der Waals surface area contributed by atoms with Crippen LogP contribution in [0.2, 0.25) is 0 Å². The topological polar surface area (TPSA) is 55.4 Å². The molecule has 24 heavy (non-hydrogen) atoms. The Bertz CT molecular complexity index is 597. The van der Waals surface area contributed by atoms with Crippen LogP contribution < -0.4 is 5.32 Å². The zero-order valence-corrected chi connectivity index (χ0v) is 15.7. The van der Waals surface area contributed by atoms with E-state index in [0.29, 0.717) is 11.8 Å². The average molecular weight is 394 g/mol. The van der Waals surface area contributed by atoms with Crippen molar-refractivity contribution >= 4 is 33.9 Å². The van der Waals surface area contributed by atoms with Gasteiger partial charge in [-0.3, -0.25) is 4.79 Å². The molecule has 5 heteroatoms. The van der Waals surface area contributed by atoms with Crippen molar-refractivity contribution in [3.63, 3.8) is 0 Å². The van der Waals surface area contributed by atoms with Crippen LogP contribution in [0.4, 0.5) is 0 Å². The first-order chi connectivity index (χ1) is 11.5. The largest absolute Gasteiger partial charge is 0.452 e. The molecule has 0 radical (unpaired) electrons. The molecule has 0 spiro atoms. The van der Waals surface area contributed by atoms with Crippen molar-refractivity contribution in [3.8, 4) is 0 Å². The summed E-state index contributed by atoms with van der Waals surface area (Å²) in [5, 5.41) is 2.99. The summed E-state index contributed by atoms with van der Waals surface area (Å²) in [6.45, 7) is 4.15. The molecule has 0 aliphatic heterocycles. The summed E-state index contributed by atoms with van der Waals surface area (Å²) in [6, 6.07) is 7.73. The molecule has 1 amide bonds. The molecule has 4 nitrogen and oxygen atoms in total. The van der Waals surface area contributed by atoms with Gasteiger partial charge in [-0.15, -0.1) is 0 Å². The van der Waals surface area contributed by atoms with Crippen molar-refractivity contribution in [1.82, 2.24) is 5.32 Å². The SMILES string of the molecule is C[C@H]1[C@@H](NC(=O)COC(=O)/C=C/c2ccc(Br)cc2)CCC[C@@H]1C. The molecule has 1 fully saturated rings. The van der Waals surface area contributed by atoms with Gasteiger partial charge in [-0.05, 0) is 42.0 Å². The molecule has 0 bridgehead atoms. The minimum Gasteiger partial charge on any atom is -0.452 e. The van der Waals surface area contributed by atoms with Gasteiger partial charge >= 0.3 is 5.97 Å². The Morgan fingerprint density at radius 3 is 2.67 bits per heavy atom. The molecule has 1 aromatic carbocycles. The lowest BCUT2D eigenvalue weighted by molar-refractivity contribution is -0.144. The Morgan fingerprint density at radius 1 is 1.25 bits per heavy atom. The van der Waals surface area contributed by atoms with E-state index in [4.69, 9.17) is 4.74 Å². The van der Waals surface area contributed by atoms with Crippen molar-refractivity contribution in [2.45, 2.75) is 39.2 Å². The van der Waals surface area contributed by atoms with Crippen LogP contribution in [0.3, 0.4) is 0 Å². The summed E-state index contributed by atoms with van der Waals surface area (Å²) < 4.78 is 5.98. The second-order valence-electron chi connectivity index (χ2n) is 6.43. The molecule has 1 aliphatic carbocycles. The smallest absolute Gasteiger partial charge is 0.331 e. The zero-order chi connectivity index (χ0) is 17.5. The number of nitrogens with one attached hydrogen (secondary N) is 1. The normalized spacial score (nSPS) is 23.9. The highest BCUT2D eigenvalue weighted by molar-refractivity contribution is 9.10. The molecule has 0 saturated heterocycles. The minimum absolute atomic E-state index is 0.179. The predicted molar refractivity (Wildman–Crippen MR) is 98.2 cm³/mol. The highest BCUT2D eigenvalue weighted by Crippen LogP contribution is 2.29. The molecule has 0 heterocycles. The summed E-state index contributed by atoms with van der Waals surface area (Å²) in [4.78, 5) is 23.7. The maximum Gasteiger partial charge on any atom is 0.331 e. The fourth-order valence-corrected chi connectivity index (χ4v) is 3.22. The molecule has 0 aromatic heterocycles. The van der Waals surface area contributed by atoms with E-state index in [1.54, 1.807) is 6.08 Å². The number of ether oxygens (including phenoxy) is 1. The molecule has 130 valence electrons. The number of rotatable bonds is 5. The Kier molecular flexibility index (Phi) is 7.03. The second-order valence-corrected chi connectivity index (χ2v) is 7.35. The standard InChI is InChI=1S/C19H24BrNO3/c1-13-4-3-5-17(14(13)2)21-18(22)12-24-19(23)11-8-15-6-9-16(20)10-7-15/h6-11,13-14,17H,3-5,12H2,1-2H3,(H,21,22)/b11-8+/t13-,14+,17-/m0/s1. The number of carbonyl (C=O) groups excluding carboxylic acids is 2. The third-order valence-electron chi connectivity index (χ3n) is 4.68. The molecule has 1 aromatic rings. The van der Waals surface area contributed by atoms with Crippen molar-refractivity contribution < 1.29 is 14.3 Å². The Morgan fingerprint density at radius 2 is 1.96 bits per heavy atom. The average Bonchev–Trinajstić information content (AvgIpc) is 2.56. The zero-order valence-electron chi connectivity index (χ0n) is 14.1. The highest BCUT2D eigenvalue weighted by Gasteiger charge is 2.28. The van der Waals surface area contributed by atoms with Crippen molar-refractivity contribution in [2.24, 2.45) is 11.8 Å². The van der Waals surface area contributed by atoms with Crippen LogP contribution in [0, 0.1) is 11.8 Å². The number of amides is 1. The molecule has 1 saturated carbocycles. The first-order valence-electron chi connectivity index (χ1n) is 8.35. The summed E-state index contributed by atoms with van der Waals surface area (Å²) in [7, 11) is 0. The van der Waals surface area contributed by atoms with E-state index in [-0.39, 0.29) is 18.6 Å². The van der Waals surface area contributed by atoms with E-state index >= 15 is 0 Å². The van der Waals surface area contributed by atoms with Gasteiger partial charge in [-0.25, -0.2) is 4.79 Å². The van der Waals surface area contributed by atoms with Crippen LogP contribution in [-0.4, -0.2) is 24.5 Å². The first-order valence-corrected chi connectivity index (χ1v) is 9.15. The molecule has 2 rings (SSSR count). The van der Waals surface area contributed by atoms with Crippen molar-refractivity contribution in [3.05, 3.63) is 40.4 Å². The lowest BCUT2D eigenvalue weighted by Gasteiger charge is -2.34. The third-order valence-corrected chi connectivity index (χ3v) is 5.21. The van der Waals surface area contributed by atoms with E-state index < -0.39 is 5.97 Å². The van der Waals surface area contributed by atoms with Crippen molar-refractivity contribution in [2.75, 3.05) is 6.61 Å². The minimum atomic E-state index is -0.516. The lowest BCUT2D eigenvalue weighted by Crippen LogP contribution is -2.45. The van der Waals surface area contributed by atoms with Gasteiger partial charge in [-0.1, -0.05) is 54.8 Å². The maximum absolute atomic E-state index is 12.0. The maximum atomic E-state index is 12.0. The van der Waals surface area contributed by atoms with Crippen LogP contribution in [0.5, 0.6) is 0 Å². The number of carbonyl (C=O) groups is 2. The molecular weight excluding hydrogens is 370 g/mol. The molecular formula is C19H24BrNO3. The fourth-order valence-electron chi connectivity index (χ4n) is 2.96. The number of esters is 1. The Hall–Kier alpha value is -1.62. The van der Waals surface area contributed by atoms with Gasteiger partial charge in [0.2, 0.25) is 0 Å². The van der Waals surface area contributed by atoms with Gasteiger partial charge in [0.25, 0.3) is 5.91 Å². The quantitative estimate of drug-likeness (QED) is 0.608. The second kappa shape index (κ2) is 9.02. The summed E-state index contributed by atoms with van der Waals surface area (Å²) in [5.41, 5.74) is 0.893. The van der Waals surface area contributed by atoms with E-state index in [2.05, 4.69) is 35.1 Å². The van der Waals surface area contributed by atoms with Gasteiger partial charge in [-0.2, -0.15) is 0 Å². The third kappa shape index (κ3) is 5.78. The number of hydrogen-bond acceptors (Lipinski definition) is 3. The van der Waals surface area contributed by atoms with Crippen LogP contribution in [0.1, 0.15) is 38.7 Å². The van der Waals surface area contributed by atoms with E-state index in [0.717, 1.165) is 22.9 Å². The predicted octanol–water partition coefficient (Wildman–Crippen LogP) is 3.95. The van der Waals surface area contributed by atoms with E-state index in [1.165, 1.54) is 12.5 Å². The van der Waals surface area contributed by atoms with Crippen LogP contribution >= 0.6 is 15.9 Å². The number of benzene rings is 1. The fraction of sp³-hybridized carbons (Fsp3) is 0.474. The van der Waals surface area contributed by atoms with Gasteiger partial charge in [0, 0.05) is 16.6 Å². The Balaban J connectivity index is 1.74. The number of hydrogen-bond donors (Lipinski definition) is 1. The van der Waals surface area contributed by atoms with Gasteiger partial charge in [0.1, 0.15) is 0 Å². The monoisotopic (exact) mass is 393 g/mol. The highest BCUT2D eigenvalue weighted by atomic mass is 79.9. The van der Waals surface area contributed by atoms with Crippen molar-refractivity contribution in [1.29, 1.82) is 0 Å². The first kappa shape index (κ1) is 18.7. The van der Waals surface area contributed by atoms with Gasteiger partial charge in [0.15, 0.2) is 6.61 Å². The molecule has 1 N–H and O–H groups in total. The van der Waals surface area contributed by atoms with Crippen LogP contribution in [-0.2, 0) is 14.3 Å². The summed E-state index contributed by atoms with van der Waals surface area (Å²) in [6.07, 6.45) is 6.34. The van der Waals surface area contributed by atoms with Gasteiger partial charge < -0.3 is 10.1 Å². The van der Waals surface area contributed by atoms with Gasteiger partial charge in [0.05, 0.1) is 0 Å².